The van der Waals surface area contributed by atoms with Crippen LogP contribution in [0.3, 0.4) is 0 Å². The maximum Gasteiger partial charge on any atom is 0.193 e. The highest BCUT2D eigenvalue weighted by Gasteiger charge is 2.34. The maximum absolute atomic E-state index is 9.90. The van der Waals surface area contributed by atoms with Crippen LogP contribution in [-0.2, 0) is 9.47 Å². The predicted molar refractivity (Wildman–Crippen MR) is 98.8 cm³/mol. The van der Waals surface area contributed by atoms with Crippen molar-refractivity contribution in [3.05, 3.63) is 41.7 Å². The Labute approximate surface area is 158 Å². The van der Waals surface area contributed by atoms with Crippen molar-refractivity contribution in [3.8, 4) is 11.9 Å². The number of morpholine rings is 2. The summed E-state index contributed by atoms with van der Waals surface area (Å²) in [7, 11) is 0. The number of aromatic hydroxyl groups is 1. The lowest BCUT2D eigenvalue weighted by molar-refractivity contribution is -0.0218. The van der Waals surface area contributed by atoms with E-state index in [0.29, 0.717) is 26.4 Å². The van der Waals surface area contributed by atoms with Crippen molar-refractivity contribution in [2.45, 2.75) is 6.29 Å². The fourth-order valence-corrected chi connectivity index (χ4v) is 3.54. The van der Waals surface area contributed by atoms with Gasteiger partial charge < -0.3 is 19.5 Å². The van der Waals surface area contributed by atoms with Crippen LogP contribution in [0.25, 0.3) is 0 Å². The summed E-state index contributed by atoms with van der Waals surface area (Å²) in [5, 5.41) is 19.8. The molecule has 0 aromatic heterocycles. The molecule has 0 saturated carbocycles. The van der Waals surface area contributed by atoms with Crippen molar-refractivity contribution in [2.75, 3.05) is 52.6 Å². The van der Waals surface area contributed by atoms with Gasteiger partial charge in [-0.2, -0.15) is 5.26 Å². The first-order valence-corrected chi connectivity index (χ1v) is 9.18. The van der Waals surface area contributed by atoms with Gasteiger partial charge in [0.2, 0.25) is 0 Å². The van der Waals surface area contributed by atoms with E-state index >= 15 is 0 Å². The molecule has 3 aliphatic rings. The number of hydrogen-bond acceptors (Lipinski definition) is 8. The molecule has 142 valence electrons. The first-order chi connectivity index (χ1) is 13.3. The Hall–Kier alpha value is -2.60. The van der Waals surface area contributed by atoms with Gasteiger partial charge >= 0.3 is 0 Å². The summed E-state index contributed by atoms with van der Waals surface area (Å²) in [5.41, 5.74) is 1.59. The van der Waals surface area contributed by atoms with E-state index in [0.717, 1.165) is 43.3 Å². The quantitative estimate of drug-likeness (QED) is 0.788. The summed E-state index contributed by atoms with van der Waals surface area (Å²) in [6.45, 7) is 5.42. The van der Waals surface area contributed by atoms with Gasteiger partial charge in [0.1, 0.15) is 11.6 Å². The molecule has 3 heterocycles. The van der Waals surface area contributed by atoms with Crippen LogP contribution < -0.4 is 0 Å². The van der Waals surface area contributed by atoms with Crippen LogP contribution >= 0.6 is 0 Å². The van der Waals surface area contributed by atoms with Gasteiger partial charge in [-0.05, 0) is 12.1 Å². The molecular weight excluding hydrogens is 346 g/mol. The molecule has 3 aliphatic heterocycles. The molecule has 1 aromatic rings. The van der Waals surface area contributed by atoms with Gasteiger partial charge in [0.05, 0.1) is 32.1 Å². The lowest BCUT2D eigenvalue weighted by Gasteiger charge is -2.43. The largest absolute Gasteiger partial charge is 0.508 e. The Morgan fingerprint density at radius 2 is 1.78 bits per heavy atom. The molecule has 0 bridgehead atoms. The van der Waals surface area contributed by atoms with Gasteiger partial charge in [-0.25, -0.2) is 9.89 Å². The van der Waals surface area contributed by atoms with Gasteiger partial charge in [-0.1, -0.05) is 12.1 Å². The maximum atomic E-state index is 9.90. The van der Waals surface area contributed by atoms with Crippen molar-refractivity contribution in [3.63, 3.8) is 0 Å². The van der Waals surface area contributed by atoms with Crippen molar-refractivity contribution in [1.29, 1.82) is 5.26 Å². The topological polar surface area (TPSA) is 84.6 Å². The zero-order chi connectivity index (χ0) is 18.6. The van der Waals surface area contributed by atoms with Crippen molar-refractivity contribution < 1.29 is 14.6 Å². The fourth-order valence-electron chi connectivity index (χ4n) is 3.54. The summed E-state index contributed by atoms with van der Waals surface area (Å²) in [5.74, 6) is 1.02. The van der Waals surface area contributed by atoms with E-state index in [1.54, 1.807) is 23.1 Å². The normalized spacial score (nSPS) is 24.2. The number of allylic oxidation sites excluding steroid dienone is 1. The number of rotatable bonds is 3. The minimum absolute atomic E-state index is 0.196. The molecule has 2 saturated heterocycles. The summed E-state index contributed by atoms with van der Waals surface area (Å²) < 4.78 is 10.9. The highest BCUT2D eigenvalue weighted by molar-refractivity contribution is 6.09. The SMILES string of the molecule is N#CN1C(N2CCOCC2)=CC(c2cccc(O)c2)=NC1N1CCOCC1. The van der Waals surface area contributed by atoms with Gasteiger partial charge in [0.15, 0.2) is 12.5 Å². The highest BCUT2D eigenvalue weighted by atomic mass is 16.5. The third-order valence-electron chi connectivity index (χ3n) is 4.96. The van der Waals surface area contributed by atoms with E-state index in [1.807, 2.05) is 12.1 Å². The summed E-state index contributed by atoms with van der Waals surface area (Å²) in [4.78, 5) is 10.8. The molecule has 4 rings (SSSR count). The molecule has 0 amide bonds. The minimum Gasteiger partial charge on any atom is -0.508 e. The first-order valence-electron chi connectivity index (χ1n) is 9.18. The van der Waals surface area contributed by atoms with Crippen LogP contribution in [0.15, 0.2) is 41.2 Å². The van der Waals surface area contributed by atoms with Crippen molar-refractivity contribution >= 4 is 5.71 Å². The van der Waals surface area contributed by atoms with Crippen LogP contribution in [-0.4, -0.2) is 84.4 Å². The minimum atomic E-state index is -0.418. The number of benzene rings is 1. The van der Waals surface area contributed by atoms with Crippen LogP contribution in [0.2, 0.25) is 0 Å². The molecule has 8 heteroatoms. The van der Waals surface area contributed by atoms with E-state index in [-0.39, 0.29) is 5.75 Å². The van der Waals surface area contributed by atoms with E-state index in [2.05, 4.69) is 16.0 Å². The molecule has 1 atom stereocenters. The number of hydrogen-bond donors (Lipinski definition) is 1. The second kappa shape index (κ2) is 7.96. The van der Waals surface area contributed by atoms with Crippen LogP contribution in [0.4, 0.5) is 0 Å². The molecule has 8 nitrogen and oxygen atoms in total. The number of nitriles is 1. The van der Waals surface area contributed by atoms with Crippen LogP contribution in [0.1, 0.15) is 5.56 Å². The lowest BCUT2D eigenvalue weighted by Crippen LogP contribution is -2.54. The Kier molecular flexibility index (Phi) is 5.25. The zero-order valence-electron chi connectivity index (χ0n) is 15.1. The molecule has 1 N–H and O–H groups in total. The third-order valence-corrected chi connectivity index (χ3v) is 4.96. The number of aliphatic imine (C=N–C) groups is 1. The monoisotopic (exact) mass is 369 g/mol. The van der Waals surface area contributed by atoms with Gasteiger partial charge in [0.25, 0.3) is 0 Å². The fraction of sp³-hybridized carbons (Fsp3) is 0.474. The second-order valence-corrected chi connectivity index (χ2v) is 6.63. The van der Waals surface area contributed by atoms with E-state index in [1.165, 1.54) is 0 Å². The summed E-state index contributed by atoms with van der Waals surface area (Å²) in [6.07, 6.45) is 3.84. The molecule has 27 heavy (non-hydrogen) atoms. The highest BCUT2D eigenvalue weighted by Crippen LogP contribution is 2.26. The molecule has 0 spiro atoms. The molecule has 1 aromatic carbocycles. The number of phenols is 1. The molecule has 0 radical (unpaired) electrons. The predicted octanol–water partition coefficient (Wildman–Crippen LogP) is 0.767. The van der Waals surface area contributed by atoms with Crippen molar-refractivity contribution in [2.24, 2.45) is 4.99 Å². The van der Waals surface area contributed by atoms with Gasteiger partial charge in [-0.15, -0.1) is 0 Å². The van der Waals surface area contributed by atoms with Gasteiger partial charge in [-0.3, -0.25) is 4.90 Å². The smallest absolute Gasteiger partial charge is 0.193 e. The Bertz CT molecular complexity index is 776. The average Bonchev–Trinajstić information content (AvgIpc) is 2.74. The number of phenolic OH excluding ortho intramolecular Hbond substituents is 1. The van der Waals surface area contributed by atoms with E-state index < -0.39 is 6.29 Å². The standard InChI is InChI=1S/C19H23N5O3/c20-14-24-18(22-4-8-26-9-5-22)13-17(15-2-1-3-16(25)12-15)21-19(24)23-6-10-27-11-7-23/h1-3,12-13,19,25H,4-11H2. The molecule has 0 aliphatic carbocycles. The Morgan fingerprint density at radius 3 is 2.44 bits per heavy atom. The Balaban J connectivity index is 1.73. The Morgan fingerprint density at radius 1 is 1.07 bits per heavy atom. The second-order valence-electron chi connectivity index (χ2n) is 6.63. The molecule has 2 fully saturated rings. The van der Waals surface area contributed by atoms with Gasteiger partial charge in [0, 0.05) is 37.8 Å². The number of nitrogens with zero attached hydrogens (tertiary/aromatic N) is 5. The lowest BCUT2D eigenvalue weighted by atomic mass is 10.1. The average molecular weight is 369 g/mol. The van der Waals surface area contributed by atoms with Crippen LogP contribution in [0.5, 0.6) is 5.75 Å². The summed E-state index contributed by atoms with van der Waals surface area (Å²) in [6, 6.07) is 7.06. The molecular formula is C19H23N5O3. The zero-order valence-corrected chi connectivity index (χ0v) is 15.1. The first kappa shape index (κ1) is 17.8. The molecule has 1 unspecified atom stereocenters. The van der Waals surface area contributed by atoms with Crippen molar-refractivity contribution in [1.82, 2.24) is 14.7 Å². The summed E-state index contributed by atoms with van der Waals surface area (Å²) >= 11 is 0. The van der Waals surface area contributed by atoms with E-state index in [9.17, 15) is 10.4 Å². The third kappa shape index (κ3) is 3.76. The number of ether oxygens (including phenoxy) is 2. The van der Waals surface area contributed by atoms with Crippen LogP contribution in [0, 0.1) is 11.5 Å². The van der Waals surface area contributed by atoms with E-state index in [4.69, 9.17) is 14.5 Å².